The number of aromatic hydroxyl groups is 1. The number of hydrogen-bond donors (Lipinski definition) is 1. The zero-order chi connectivity index (χ0) is 12.8. The number of nitrogens with zero attached hydrogens (tertiary/aromatic N) is 1. The zero-order valence-corrected chi connectivity index (χ0v) is 11.2. The summed E-state index contributed by atoms with van der Waals surface area (Å²) < 4.78 is 0.727. The SMILES string of the molecule is C#CCN(CCC)C(=O)c1ccc(Br)cc1O. The lowest BCUT2D eigenvalue weighted by Gasteiger charge is -2.19. The van der Waals surface area contributed by atoms with Gasteiger partial charge in [-0.15, -0.1) is 6.42 Å². The highest BCUT2D eigenvalue weighted by molar-refractivity contribution is 9.10. The molecule has 1 aromatic carbocycles. The van der Waals surface area contributed by atoms with Crippen molar-refractivity contribution in [2.45, 2.75) is 13.3 Å². The van der Waals surface area contributed by atoms with Crippen LogP contribution in [0.3, 0.4) is 0 Å². The highest BCUT2D eigenvalue weighted by Gasteiger charge is 2.17. The maximum atomic E-state index is 12.1. The molecule has 3 nitrogen and oxygen atoms in total. The Bertz CT molecular complexity index is 451. The van der Waals surface area contributed by atoms with Gasteiger partial charge in [-0.2, -0.15) is 0 Å². The zero-order valence-electron chi connectivity index (χ0n) is 9.61. The first-order chi connectivity index (χ1) is 8.10. The van der Waals surface area contributed by atoms with Crippen molar-refractivity contribution in [2.24, 2.45) is 0 Å². The first-order valence-electron chi connectivity index (χ1n) is 5.31. The predicted octanol–water partition coefficient (Wildman–Crippen LogP) is 2.64. The Balaban J connectivity index is 2.97. The molecule has 17 heavy (non-hydrogen) atoms. The molecule has 1 amide bonds. The molecule has 0 aromatic heterocycles. The van der Waals surface area contributed by atoms with E-state index in [0.29, 0.717) is 6.54 Å². The van der Waals surface area contributed by atoms with E-state index < -0.39 is 0 Å². The van der Waals surface area contributed by atoms with Gasteiger partial charge in [-0.25, -0.2) is 0 Å². The molecule has 1 aromatic rings. The molecule has 0 fully saturated rings. The largest absolute Gasteiger partial charge is 0.507 e. The molecule has 0 aliphatic heterocycles. The molecule has 4 heteroatoms. The minimum absolute atomic E-state index is 0.0394. The number of carbonyl (C=O) groups is 1. The van der Waals surface area contributed by atoms with Crippen LogP contribution in [0.4, 0.5) is 0 Å². The minimum atomic E-state index is -0.241. The summed E-state index contributed by atoms with van der Waals surface area (Å²) in [4.78, 5) is 13.7. The van der Waals surface area contributed by atoms with Gasteiger partial charge in [-0.3, -0.25) is 4.79 Å². The van der Waals surface area contributed by atoms with Crippen LogP contribution in [0.1, 0.15) is 23.7 Å². The number of terminal acetylenes is 1. The van der Waals surface area contributed by atoms with Crippen molar-refractivity contribution in [3.63, 3.8) is 0 Å². The van der Waals surface area contributed by atoms with Crippen molar-refractivity contribution in [1.82, 2.24) is 4.90 Å². The summed E-state index contributed by atoms with van der Waals surface area (Å²) in [6, 6.07) is 4.79. The second-order valence-electron chi connectivity index (χ2n) is 3.59. The van der Waals surface area contributed by atoms with Crippen molar-refractivity contribution in [1.29, 1.82) is 0 Å². The number of carbonyl (C=O) groups excluding carboxylic acids is 1. The van der Waals surface area contributed by atoms with E-state index >= 15 is 0 Å². The second-order valence-corrected chi connectivity index (χ2v) is 4.51. The van der Waals surface area contributed by atoms with E-state index in [1.807, 2.05) is 6.92 Å². The Kier molecular flexibility index (Phi) is 5.05. The maximum absolute atomic E-state index is 12.1. The number of halogens is 1. The molecule has 0 saturated carbocycles. The molecule has 90 valence electrons. The lowest BCUT2D eigenvalue weighted by Crippen LogP contribution is -2.32. The molecule has 0 aliphatic carbocycles. The van der Waals surface area contributed by atoms with Gasteiger partial charge >= 0.3 is 0 Å². The summed E-state index contributed by atoms with van der Waals surface area (Å²) >= 11 is 3.23. The van der Waals surface area contributed by atoms with Crippen LogP contribution in [0, 0.1) is 12.3 Å². The Morgan fingerprint density at radius 3 is 2.82 bits per heavy atom. The van der Waals surface area contributed by atoms with Crippen LogP contribution in [0.25, 0.3) is 0 Å². The topological polar surface area (TPSA) is 40.5 Å². The van der Waals surface area contributed by atoms with Crippen molar-refractivity contribution in [3.05, 3.63) is 28.2 Å². The van der Waals surface area contributed by atoms with E-state index in [0.717, 1.165) is 10.9 Å². The minimum Gasteiger partial charge on any atom is -0.507 e. The maximum Gasteiger partial charge on any atom is 0.258 e. The molecule has 1 rings (SSSR count). The second kappa shape index (κ2) is 6.31. The third-order valence-corrected chi connectivity index (χ3v) is 2.75. The van der Waals surface area contributed by atoms with E-state index in [4.69, 9.17) is 6.42 Å². The Hall–Kier alpha value is -1.47. The average molecular weight is 296 g/mol. The van der Waals surface area contributed by atoms with Gasteiger partial charge in [0.15, 0.2) is 0 Å². The van der Waals surface area contributed by atoms with E-state index in [1.54, 1.807) is 17.0 Å². The molecule has 0 heterocycles. The molecule has 0 aliphatic rings. The molecule has 0 unspecified atom stereocenters. The standard InChI is InChI=1S/C13H14BrNO2/c1-3-7-15(8-4-2)13(17)11-6-5-10(14)9-12(11)16/h1,5-6,9,16H,4,7-8H2,2H3. The fourth-order valence-electron chi connectivity index (χ4n) is 1.49. The van der Waals surface area contributed by atoms with Crippen LogP contribution >= 0.6 is 15.9 Å². The Morgan fingerprint density at radius 2 is 2.29 bits per heavy atom. The Labute approximate surface area is 110 Å². The lowest BCUT2D eigenvalue weighted by atomic mass is 10.1. The van der Waals surface area contributed by atoms with Crippen molar-refractivity contribution in [2.75, 3.05) is 13.1 Å². The van der Waals surface area contributed by atoms with Crippen LogP contribution in [0.5, 0.6) is 5.75 Å². The normalized spacial score (nSPS) is 9.71. The smallest absolute Gasteiger partial charge is 0.258 e. The third-order valence-electron chi connectivity index (χ3n) is 2.25. The number of hydrogen-bond acceptors (Lipinski definition) is 2. The predicted molar refractivity (Wildman–Crippen MR) is 70.8 cm³/mol. The molecule has 0 radical (unpaired) electrons. The average Bonchev–Trinajstić information content (AvgIpc) is 2.28. The monoisotopic (exact) mass is 295 g/mol. The number of rotatable bonds is 4. The fraction of sp³-hybridized carbons (Fsp3) is 0.308. The van der Waals surface area contributed by atoms with Gasteiger partial charge in [0, 0.05) is 11.0 Å². The van der Waals surface area contributed by atoms with E-state index in [9.17, 15) is 9.90 Å². The summed E-state index contributed by atoms with van der Waals surface area (Å²) in [5.41, 5.74) is 0.275. The highest BCUT2D eigenvalue weighted by atomic mass is 79.9. The molecule has 1 N–H and O–H groups in total. The van der Waals surface area contributed by atoms with Crippen molar-refractivity contribution in [3.8, 4) is 18.1 Å². The van der Waals surface area contributed by atoms with Gasteiger partial charge in [-0.05, 0) is 24.6 Å². The fourth-order valence-corrected chi connectivity index (χ4v) is 1.84. The first kappa shape index (κ1) is 13.6. The van der Waals surface area contributed by atoms with Crippen LogP contribution in [-0.4, -0.2) is 29.0 Å². The van der Waals surface area contributed by atoms with Gasteiger partial charge < -0.3 is 10.0 Å². The molecule has 0 atom stereocenters. The Morgan fingerprint density at radius 1 is 1.59 bits per heavy atom. The molecule has 0 spiro atoms. The van der Waals surface area contributed by atoms with Crippen LogP contribution in [0.2, 0.25) is 0 Å². The third kappa shape index (κ3) is 3.50. The quantitative estimate of drug-likeness (QED) is 0.868. The van der Waals surface area contributed by atoms with Crippen molar-refractivity contribution < 1.29 is 9.90 Å². The summed E-state index contributed by atoms with van der Waals surface area (Å²) in [7, 11) is 0. The number of amides is 1. The van der Waals surface area contributed by atoms with Crippen molar-refractivity contribution >= 4 is 21.8 Å². The first-order valence-corrected chi connectivity index (χ1v) is 6.10. The molecular formula is C13H14BrNO2. The summed E-state index contributed by atoms with van der Waals surface area (Å²) in [6.07, 6.45) is 6.05. The summed E-state index contributed by atoms with van der Waals surface area (Å²) in [5, 5.41) is 9.72. The van der Waals surface area contributed by atoms with Gasteiger partial charge in [0.1, 0.15) is 5.75 Å². The number of phenolic OH excluding ortho intramolecular Hbond substituents is 1. The van der Waals surface area contributed by atoms with Gasteiger partial charge in [-0.1, -0.05) is 28.8 Å². The van der Waals surface area contributed by atoms with Gasteiger partial charge in [0.25, 0.3) is 5.91 Å². The van der Waals surface area contributed by atoms with Crippen LogP contribution < -0.4 is 0 Å². The number of benzene rings is 1. The molecule has 0 saturated heterocycles. The molecular weight excluding hydrogens is 282 g/mol. The van der Waals surface area contributed by atoms with Gasteiger partial charge in [0.05, 0.1) is 12.1 Å². The lowest BCUT2D eigenvalue weighted by molar-refractivity contribution is 0.0774. The van der Waals surface area contributed by atoms with E-state index in [1.165, 1.54) is 6.07 Å². The number of phenols is 1. The summed E-state index contributed by atoms with van der Waals surface area (Å²) in [6.45, 7) is 2.80. The summed E-state index contributed by atoms with van der Waals surface area (Å²) in [5.74, 6) is 2.17. The van der Waals surface area contributed by atoms with Crippen LogP contribution in [-0.2, 0) is 0 Å². The van der Waals surface area contributed by atoms with Crippen LogP contribution in [0.15, 0.2) is 22.7 Å². The van der Waals surface area contributed by atoms with Gasteiger partial charge in [0.2, 0.25) is 0 Å². The van der Waals surface area contributed by atoms with E-state index in [2.05, 4.69) is 21.9 Å². The van der Waals surface area contributed by atoms with E-state index in [-0.39, 0.29) is 23.8 Å². The molecule has 0 bridgehead atoms. The highest BCUT2D eigenvalue weighted by Crippen LogP contribution is 2.23.